The van der Waals surface area contributed by atoms with Crippen molar-refractivity contribution in [2.24, 2.45) is 11.8 Å². The molecule has 3 atom stereocenters. The fourth-order valence-corrected chi connectivity index (χ4v) is 5.07. The summed E-state index contributed by atoms with van der Waals surface area (Å²) < 4.78 is 0. The van der Waals surface area contributed by atoms with E-state index < -0.39 is 0 Å². The largest absolute Gasteiger partial charge is 0.293 e. The van der Waals surface area contributed by atoms with Crippen LogP contribution in [0.2, 0.25) is 0 Å². The molecule has 4 rings (SSSR count). The van der Waals surface area contributed by atoms with Crippen LogP contribution in [0.4, 0.5) is 0 Å². The normalized spacial score (nSPS) is 34.6. The molecule has 0 amide bonds. The first-order valence-electron chi connectivity index (χ1n) is 8.96. The molecule has 1 saturated heterocycles. The fraction of sp³-hybridized carbons (Fsp3) is 0.650. The summed E-state index contributed by atoms with van der Waals surface area (Å²) in [5.74, 6) is 1.67. The Labute approximate surface area is 133 Å². The van der Waals surface area contributed by atoms with Gasteiger partial charge in [0.1, 0.15) is 0 Å². The molecule has 1 aliphatic heterocycles. The smallest absolute Gasteiger partial charge is 0.180 e. The maximum absolute atomic E-state index is 13.2. The Morgan fingerprint density at radius 1 is 1.32 bits per heavy atom. The average Bonchev–Trinajstić information content (AvgIpc) is 3.30. The van der Waals surface area contributed by atoms with Gasteiger partial charge in [-0.1, -0.05) is 37.6 Å². The predicted octanol–water partition coefficient (Wildman–Crippen LogP) is 3.96. The summed E-state index contributed by atoms with van der Waals surface area (Å²) in [7, 11) is 0. The number of Topliss-reactive ketones (excluding diaryl/α,β-unsaturated/α-hetero) is 1. The first-order valence-corrected chi connectivity index (χ1v) is 8.96. The monoisotopic (exact) mass is 297 g/mol. The van der Waals surface area contributed by atoms with Crippen LogP contribution in [0.25, 0.3) is 0 Å². The van der Waals surface area contributed by atoms with Crippen LogP contribution in [-0.2, 0) is 5.41 Å². The van der Waals surface area contributed by atoms with Crippen molar-refractivity contribution in [2.45, 2.75) is 57.9 Å². The highest BCUT2D eigenvalue weighted by Gasteiger charge is 2.54. The highest BCUT2D eigenvalue weighted by molar-refractivity contribution is 6.03. The molecule has 0 spiro atoms. The second kappa shape index (κ2) is 4.92. The van der Waals surface area contributed by atoms with Gasteiger partial charge in [0.2, 0.25) is 0 Å². The topological polar surface area (TPSA) is 20.3 Å². The SMILES string of the molecule is CCC12CCN(CC3CC3)C(C(=O)c3ccc(C)cc31)C2C. The van der Waals surface area contributed by atoms with Crippen molar-refractivity contribution in [1.29, 1.82) is 0 Å². The number of carbonyl (C=O) groups is 1. The van der Waals surface area contributed by atoms with E-state index in [1.165, 1.54) is 30.4 Å². The molecular formula is C20H27NO. The molecule has 1 heterocycles. The Bertz CT molecular complexity index is 618. The van der Waals surface area contributed by atoms with Gasteiger partial charge in [-0.05, 0) is 56.6 Å². The van der Waals surface area contributed by atoms with E-state index in [9.17, 15) is 4.79 Å². The summed E-state index contributed by atoms with van der Waals surface area (Å²) in [6, 6.07) is 6.61. The van der Waals surface area contributed by atoms with E-state index >= 15 is 0 Å². The lowest BCUT2D eigenvalue weighted by Crippen LogP contribution is -2.61. The number of hydrogen-bond donors (Lipinski definition) is 0. The zero-order valence-electron chi connectivity index (χ0n) is 14.1. The van der Waals surface area contributed by atoms with E-state index in [0.29, 0.717) is 11.7 Å². The van der Waals surface area contributed by atoms with Crippen LogP contribution >= 0.6 is 0 Å². The fourth-order valence-electron chi connectivity index (χ4n) is 5.07. The molecule has 2 aliphatic carbocycles. The van der Waals surface area contributed by atoms with E-state index in [2.05, 4.69) is 43.9 Å². The molecule has 0 N–H and O–H groups in total. The number of carbonyl (C=O) groups excluding carboxylic acids is 1. The van der Waals surface area contributed by atoms with E-state index in [4.69, 9.17) is 0 Å². The van der Waals surface area contributed by atoms with Gasteiger partial charge in [0.05, 0.1) is 6.04 Å². The van der Waals surface area contributed by atoms with Crippen molar-refractivity contribution >= 4 is 5.78 Å². The van der Waals surface area contributed by atoms with Crippen molar-refractivity contribution in [3.8, 4) is 0 Å². The van der Waals surface area contributed by atoms with Crippen LogP contribution in [0.3, 0.4) is 0 Å². The number of fused-ring (bicyclic) bond motifs is 4. The summed E-state index contributed by atoms with van der Waals surface area (Å²) in [4.78, 5) is 15.7. The maximum atomic E-state index is 13.2. The molecule has 0 radical (unpaired) electrons. The lowest BCUT2D eigenvalue weighted by molar-refractivity contribution is 0.0197. The zero-order chi connectivity index (χ0) is 15.5. The quantitative estimate of drug-likeness (QED) is 0.841. The van der Waals surface area contributed by atoms with E-state index in [1.54, 1.807) is 0 Å². The third kappa shape index (κ3) is 1.93. The molecule has 118 valence electrons. The third-order valence-electron chi connectivity index (χ3n) is 6.65. The van der Waals surface area contributed by atoms with Crippen LogP contribution < -0.4 is 0 Å². The van der Waals surface area contributed by atoms with Crippen molar-refractivity contribution in [2.75, 3.05) is 13.1 Å². The lowest BCUT2D eigenvalue weighted by atomic mass is 9.56. The van der Waals surface area contributed by atoms with Crippen molar-refractivity contribution < 1.29 is 4.79 Å². The van der Waals surface area contributed by atoms with Gasteiger partial charge in [-0.3, -0.25) is 9.69 Å². The Hall–Kier alpha value is -1.15. The lowest BCUT2D eigenvalue weighted by Gasteiger charge is -2.55. The Morgan fingerprint density at radius 2 is 2.09 bits per heavy atom. The Kier molecular flexibility index (Phi) is 3.23. The first-order chi connectivity index (χ1) is 10.6. The molecule has 2 fully saturated rings. The standard InChI is InChI=1S/C20H27NO/c1-4-20-9-10-21(12-15-6-7-15)18(14(20)3)19(22)16-8-5-13(2)11-17(16)20/h5,8,11,14-15,18H,4,6-7,9-10,12H2,1-3H3. The van der Waals surface area contributed by atoms with Crippen molar-refractivity contribution in [3.63, 3.8) is 0 Å². The van der Waals surface area contributed by atoms with Crippen LogP contribution in [-0.4, -0.2) is 29.8 Å². The van der Waals surface area contributed by atoms with Crippen molar-refractivity contribution in [3.05, 3.63) is 34.9 Å². The molecule has 1 aromatic rings. The molecule has 3 unspecified atom stereocenters. The number of piperidine rings is 1. The van der Waals surface area contributed by atoms with E-state index in [0.717, 1.165) is 31.0 Å². The summed E-state index contributed by atoms with van der Waals surface area (Å²) >= 11 is 0. The Balaban J connectivity index is 1.81. The number of ketones is 1. The number of hydrogen-bond acceptors (Lipinski definition) is 2. The summed E-state index contributed by atoms with van der Waals surface area (Å²) in [5.41, 5.74) is 3.84. The van der Waals surface area contributed by atoms with Gasteiger partial charge in [-0.25, -0.2) is 0 Å². The second-order valence-electron chi connectivity index (χ2n) is 7.84. The summed E-state index contributed by atoms with van der Waals surface area (Å²) in [6.45, 7) is 9.02. The molecule has 0 aromatic heterocycles. The van der Waals surface area contributed by atoms with Crippen LogP contribution in [0.1, 0.15) is 61.0 Å². The maximum Gasteiger partial charge on any atom is 0.180 e. The molecular weight excluding hydrogens is 270 g/mol. The minimum atomic E-state index is 0.115. The third-order valence-corrected chi connectivity index (χ3v) is 6.65. The molecule has 1 saturated carbocycles. The zero-order valence-corrected chi connectivity index (χ0v) is 14.1. The summed E-state index contributed by atoms with van der Waals surface area (Å²) in [6.07, 6.45) is 5.07. The number of likely N-dealkylation sites (tertiary alicyclic amines) is 1. The number of aryl methyl sites for hydroxylation is 1. The highest BCUT2D eigenvalue weighted by Crippen LogP contribution is 2.51. The molecule has 2 heteroatoms. The number of rotatable bonds is 3. The van der Waals surface area contributed by atoms with Gasteiger partial charge < -0.3 is 0 Å². The van der Waals surface area contributed by atoms with Crippen molar-refractivity contribution in [1.82, 2.24) is 4.90 Å². The number of nitrogens with zero attached hydrogens (tertiary/aromatic N) is 1. The number of benzene rings is 1. The molecule has 3 aliphatic rings. The minimum absolute atomic E-state index is 0.115. The van der Waals surface area contributed by atoms with E-state index in [1.807, 2.05) is 0 Å². The molecule has 1 aromatic carbocycles. The van der Waals surface area contributed by atoms with Gasteiger partial charge >= 0.3 is 0 Å². The molecule has 2 nitrogen and oxygen atoms in total. The average molecular weight is 297 g/mol. The summed E-state index contributed by atoms with van der Waals surface area (Å²) in [5, 5.41) is 0. The highest BCUT2D eigenvalue weighted by atomic mass is 16.1. The first kappa shape index (κ1) is 14.4. The van der Waals surface area contributed by atoms with Gasteiger partial charge in [0.15, 0.2) is 5.78 Å². The van der Waals surface area contributed by atoms with Gasteiger partial charge in [-0.15, -0.1) is 0 Å². The molecule has 2 bridgehead atoms. The Morgan fingerprint density at radius 3 is 2.77 bits per heavy atom. The predicted molar refractivity (Wildman–Crippen MR) is 89.3 cm³/mol. The van der Waals surface area contributed by atoms with Crippen LogP contribution in [0.5, 0.6) is 0 Å². The second-order valence-corrected chi connectivity index (χ2v) is 7.84. The van der Waals surface area contributed by atoms with E-state index in [-0.39, 0.29) is 11.5 Å². The van der Waals surface area contributed by atoms with Gasteiger partial charge in [0.25, 0.3) is 0 Å². The molecule has 22 heavy (non-hydrogen) atoms. The van der Waals surface area contributed by atoms with Gasteiger partial charge in [-0.2, -0.15) is 0 Å². The van der Waals surface area contributed by atoms with Crippen LogP contribution in [0.15, 0.2) is 18.2 Å². The van der Waals surface area contributed by atoms with Gasteiger partial charge in [0, 0.05) is 17.5 Å². The minimum Gasteiger partial charge on any atom is -0.293 e. The van der Waals surface area contributed by atoms with Crippen LogP contribution in [0, 0.1) is 18.8 Å².